The van der Waals surface area contributed by atoms with E-state index >= 15 is 0 Å². The molecule has 0 spiro atoms. The van der Waals surface area contributed by atoms with Gasteiger partial charge in [-0.05, 0) is 12.0 Å². The summed E-state index contributed by atoms with van der Waals surface area (Å²) in [6, 6.07) is 9.60. The molecule has 98 valence electrons. The summed E-state index contributed by atoms with van der Waals surface area (Å²) in [5.41, 5.74) is 1.08. The highest BCUT2D eigenvalue weighted by atomic mass is 35.5. The second-order valence-corrected chi connectivity index (χ2v) is 4.48. The van der Waals surface area contributed by atoms with E-state index in [1.165, 1.54) is 0 Å². The molecule has 1 heterocycles. The summed E-state index contributed by atoms with van der Waals surface area (Å²) in [7, 11) is 0. The molecule has 0 amide bonds. The van der Waals surface area contributed by atoms with Gasteiger partial charge in [0.25, 0.3) is 0 Å². The molecule has 0 aliphatic carbocycles. The monoisotopic (exact) mass is 275 g/mol. The van der Waals surface area contributed by atoms with E-state index in [2.05, 4.69) is 21.9 Å². The highest BCUT2D eigenvalue weighted by Crippen LogP contribution is 2.13. The van der Waals surface area contributed by atoms with Gasteiger partial charge >= 0.3 is 0 Å². The van der Waals surface area contributed by atoms with Crippen LogP contribution in [0.3, 0.4) is 0 Å². The lowest BCUT2D eigenvalue weighted by atomic mass is 10.1. The Kier molecular flexibility index (Phi) is 4.47. The van der Waals surface area contributed by atoms with Crippen molar-refractivity contribution in [3.63, 3.8) is 0 Å². The molecule has 1 aliphatic rings. The Hall–Kier alpha value is -1.94. The van der Waals surface area contributed by atoms with Crippen molar-refractivity contribution in [3.05, 3.63) is 48.0 Å². The summed E-state index contributed by atoms with van der Waals surface area (Å²) in [4.78, 5) is 19.0. The Morgan fingerprint density at radius 2 is 2.16 bits per heavy atom. The first-order chi connectivity index (χ1) is 9.20. The van der Waals surface area contributed by atoms with E-state index in [1.54, 1.807) is 0 Å². The third-order valence-electron chi connectivity index (χ3n) is 2.64. The van der Waals surface area contributed by atoms with Crippen LogP contribution in [0.4, 0.5) is 0 Å². The molecular weight excluding hydrogens is 262 g/mol. The van der Waals surface area contributed by atoms with Gasteiger partial charge in [0.15, 0.2) is 11.5 Å². The van der Waals surface area contributed by atoms with Crippen LogP contribution < -0.4 is 5.32 Å². The van der Waals surface area contributed by atoms with Crippen LogP contribution in [0.25, 0.3) is 0 Å². The normalized spacial score (nSPS) is 18.1. The van der Waals surface area contributed by atoms with Gasteiger partial charge in [-0.25, -0.2) is 9.98 Å². The summed E-state index contributed by atoms with van der Waals surface area (Å²) in [5, 5.41) is 2.94. The van der Waals surface area contributed by atoms with Gasteiger partial charge in [-0.15, -0.1) is 0 Å². The standard InChI is InChI=1S/C14H14ClN3O/c1-10(6-5-9-19)12-16-13(18-14(15)17-12)11-7-3-2-4-8-11/h2-4,7-9,14H,1,5-6H2,(H,16,17,18). The van der Waals surface area contributed by atoms with Gasteiger partial charge in [0.05, 0.1) is 0 Å². The van der Waals surface area contributed by atoms with E-state index in [4.69, 9.17) is 11.6 Å². The van der Waals surface area contributed by atoms with Crippen molar-refractivity contribution >= 4 is 29.6 Å². The topological polar surface area (TPSA) is 53.8 Å². The van der Waals surface area contributed by atoms with Gasteiger partial charge in [-0.2, -0.15) is 0 Å². The molecule has 5 heteroatoms. The van der Waals surface area contributed by atoms with E-state index < -0.39 is 5.62 Å². The lowest BCUT2D eigenvalue weighted by Gasteiger charge is -2.19. The third-order valence-corrected chi connectivity index (χ3v) is 2.85. The minimum absolute atomic E-state index is 0.421. The Morgan fingerprint density at radius 1 is 1.42 bits per heavy atom. The zero-order valence-electron chi connectivity index (χ0n) is 10.3. The molecule has 1 atom stereocenters. The summed E-state index contributed by atoms with van der Waals surface area (Å²) < 4.78 is 0. The molecule has 1 N–H and O–H groups in total. The molecule has 0 aromatic heterocycles. The molecule has 19 heavy (non-hydrogen) atoms. The Morgan fingerprint density at radius 3 is 2.84 bits per heavy atom. The van der Waals surface area contributed by atoms with Crippen LogP contribution in [0.15, 0.2) is 52.5 Å². The fourth-order valence-electron chi connectivity index (χ4n) is 1.68. The number of aldehydes is 1. The van der Waals surface area contributed by atoms with E-state index in [1.807, 2.05) is 30.3 Å². The highest BCUT2D eigenvalue weighted by Gasteiger charge is 2.17. The maximum Gasteiger partial charge on any atom is 0.198 e. The second-order valence-electron chi connectivity index (χ2n) is 4.07. The molecule has 1 unspecified atom stereocenters. The van der Waals surface area contributed by atoms with Gasteiger partial charge < -0.3 is 10.1 Å². The average Bonchev–Trinajstić information content (AvgIpc) is 2.45. The van der Waals surface area contributed by atoms with E-state index in [0.29, 0.717) is 24.5 Å². The minimum Gasteiger partial charge on any atom is -0.336 e. The van der Waals surface area contributed by atoms with Gasteiger partial charge in [0, 0.05) is 12.0 Å². The summed E-state index contributed by atoms with van der Waals surface area (Å²) in [5.74, 6) is 1.16. The number of amidine groups is 2. The molecule has 0 saturated heterocycles. The number of nitrogens with one attached hydrogen (secondary N) is 1. The Bertz CT molecular complexity index is 537. The quantitative estimate of drug-likeness (QED) is 0.510. The van der Waals surface area contributed by atoms with Gasteiger partial charge in [-0.1, -0.05) is 48.5 Å². The van der Waals surface area contributed by atoms with Crippen LogP contribution in [0.5, 0.6) is 0 Å². The van der Waals surface area contributed by atoms with Crippen LogP contribution in [0, 0.1) is 0 Å². The van der Waals surface area contributed by atoms with E-state index in [0.717, 1.165) is 17.4 Å². The van der Waals surface area contributed by atoms with Crippen molar-refractivity contribution in [1.82, 2.24) is 5.32 Å². The first-order valence-corrected chi connectivity index (χ1v) is 6.38. The molecule has 0 radical (unpaired) electrons. The highest BCUT2D eigenvalue weighted by molar-refractivity contribution is 6.25. The zero-order valence-corrected chi connectivity index (χ0v) is 11.1. The fraction of sp³-hybridized carbons (Fsp3) is 0.214. The zero-order chi connectivity index (χ0) is 13.7. The number of rotatable bonds is 5. The van der Waals surface area contributed by atoms with Crippen molar-refractivity contribution in [2.45, 2.75) is 18.5 Å². The fourth-order valence-corrected chi connectivity index (χ4v) is 1.87. The van der Waals surface area contributed by atoms with Crippen LogP contribution in [0.1, 0.15) is 18.4 Å². The van der Waals surface area contributed by atoms with Crippen molar-refractivity contribution in [2.24, 2.45) is 9.98 Å². The number of carbonyl (C=O) groups excluding carboxylic acids is 1. The number of carbonyl (C=O) groups is 1. The SMILES string of the molecule is C=C(CCC=O)C1=NC(c2ccccc2)=NC(Cl)N1. The molecule has 0 saturated carbocycles. The van der Waals surface area contributed by atoms with Gasteiger partial charge in [-0.3, -0.25) is 0 Å². The predicted octanol–water partition coefficient (Wildman–Crippen LogP) is 2.49. The molecule has 4 nitrogen and oxygen atoms in total. The molecule has 0 bridgehead atoms. The van der Waals surface area contributed by atoms with Crippen molar-refractivity contribution in [3.8, 4) is 0 Å². The van der Waals surface area contributed by atoms with Crippen molar-refractivity contribution in [2.75, 3.05) is 0 Å². The summed E-state index contributed by atoms with van der Waals surface area (Å²) in [6.45, 7) is 3.91. The van der Waals surface area contributed by atoms with Crippen LogP contribution >= 0.6 is 11.6 Å². The number of hydrogen-bond acceptors (Lipinski definition) is 4. The average molecular weight is 276 g/mol. The maximum absolute atomic E-state index is 10.4. The Labute approximate surface area is 116 Å². The molecule has 0 fully saturated rings. The first kappa shape index (κ1) is 13.5. The number of nitrogens with zero attached hydrogens (tertiary/aromatic N) is 2. The molecule has 2 rings (SSSR count). The lowest BCUT2D eigenvalue weighted by Crippen LogP contribution is -2.35. The molecule has 1 aromatic carbocycles. The van der Waals surface area contributed by atoms with E-state index in [9.17, 15) is 4.79 Å². The smallest absolute Gasteiger partial charge is 0.198 e. The molecule has 1 aromatic rings. The van der Waals surface area contributed by atoms with Gasteiger partial charge in [0.1, 0.15) is 12.1 Å². The van der Waals surface area contributed by atoms with Crippen molar-refractivity contribution < 1.29 is 4.79 Å². The van der Waals surface area contributed by atoms with Crippen LogP contribution in [-0.4, -0.2) is 23.6 Å². The van der Waals surface area contributed by atoms with Crippen LogP contribution in [0.2, 0.25) is 0 Å². The number of aliphatic imine (C=N–C) groups is 2. The summed E-state index contributed by atoms with van der Waals surface area (Å²) >= 11 is 6.04. The predicted molar refractivity (Wildman–Crippen MR) is 77.6 cm³/mol. The maximum atomic E-state index is 10.4. The number of alkyl halides is 1. The number of halogens is 1. The Balaban J connectivity index is 2.23. The van der Waals surface area contributed by atoms with Crippen LogP contribution in [-0.2, 0) is 4.79 Å². The van der Waals surface area contributed by atoms with E-state index in [-0.39, 0.29) is 0 Å². The first-order valence-electron chi connectivity index (χ1n) is 5.95. The number of hydrogen-bond donors (Lipinski definition) is 1. The molecule has 1 aliphatic heterocycles. The largest absolute Gasteiger partial charge is 0.336 e. The second kappa shape index (κ2) is 6.29. The molecular formula is C14H14ClN3O. The van der Waals surface area contributed by atoms with Crippen molar-refractivity contribution in [1.29, 1.82) is 0 Å². The number of benzene rings is 1. The third kappa shape index (κ3) is 3.51. The summed E-state index contributed by atoms with van der Waals surface area (Å²) in [6.07, 6.45) is 1.84. The van der Waals surface area contributed by atoms with Gasteiger partial charge in [0.2, 0.25) is 0 Å². The lowest BCUT2D eigenvalue weighted by molar-refractivity contribution is -0.107. The minimum atomic E-state index is -0.573.